The summed E-state index contributed by atoms with van der Waals surface area (Å²) in [5, 5.41) is 1.01. The number of carbonyl (C=O) groups is 1. The Labute approximate surface area is 218 Å². The summed E-state index contributed by atoms with van der Waals surface area (Å²) < 4.78 is 28.2. The molecule has 1 aliphatic rings. The summed E-state index contributed by atoms with van der Waals surface area (Å²) >= 11 is 0. The second-order valence-electron chi connectivity index (χ2n) is 9.14. The Kier molecular flexibility index (Phi) is 9.78. The predicted molar refractivity (Wildman–Crippen MR) is 144 cm³/mol. The van der Waals surface area contributed by atoms with Crippen molar-refractivity contribution < 1.29 is 28.5 Å². The van der Waals surface area contributed by atoms with Crippen molar-refractivity contribution in [3.8, 4) is 17.0 Å². The number of rotatable bonds is 5. The van der Waals surface area contributed by atoms with Gasteiger partial charge in [0.05, 0.1) is 58.0 Å². The molecule has 2 heterocycles. The molecule has 0 atom stereocenters. The van der Waals surface area contributed by atoms with Gasteiger partial charge in [-0.15, -0.1) is 0 Å². The molecule has 0 unspecified atom stereocenters. The van der Waals surface area contributed by atoms with Crippen LogP contribution in [0.1, 0.15) is 10.4 Å². The predicted octanol–water partition coefficient (Wildman–Crippen LogP) is 3.43. The van der Waals surface area contributed by atoms with Gasteiger partial charge >= 0.3 is 5.97 Å². The van der Waals surface area contributed by atoms with Crippen LogP contribution in [0.3, 0.4) is 0 Å². The lowest BCUT2D eigenvalue weighted by Crippen LogP contribution is -2.34. The van der Waals surface area contributed by atoms with Crippen molar-refractivity contribution >= 4 is 22.6 Å². The summed E-state index contributed by atoms with van der Waals surface area (Å²) in [6, 6.07) is 13.8. The first-order valence-corrected chi connectivity index (χ1v) is 12.7. The van der Waals surface area contributed by atoms with Crippen molar-refractivity contribution in [3.05, 3.63) is 48.0 Å². The number of aromatic amines is 1. The fourth-order valence-corrected chi connectivity index (χ4v) is 4.19. The minimum Gasteiger partial charge on any atom is -0.489 e. The molecule has 0 aliphatic carbocycles. The molecular formula is C28H37N3O6. The molecule has 9 nitrogen and oxygen atoms in total. The molecule has 1 aliphatic heterocycles. The van der Waals surface area contributed by atoms with Crippen LogP contribution in [-0.2, 0) is 18.9 Å². The SMILES string of the molecule is COC(=O)c1ccc2cc(-c3ccc4c(c3)OCCOCCOCCOCCN4CCN(C)C)[nH]c2c1. The summed E-state index contributed by atoms with van der Waals surface area (Å²) in [7, 11) is 5.53. The number of anilines is 1. The molecule has 200 valence electrons. The minimum atomic E-state index is -0.357. The van der Waals surface area contributed by atoms with Gasteiger partial charge in [-0.2, -0.15) is 0 Å². The number of aromatic nitrogens is 1. The lowest BCUT2D eigenvalue weighted by atomic mass is 10.1. The smallest absolute Gasteiger partial charge is 0.337 e. The second kappa shape index (κ2) is 13.4. The molecule has 2 aromatic carbocycles. The molecule has 9 heteroatoms. The molecule has 1 aromatic heterocycles. The summed E-state index contributed by atoms with van der Waals surface area (Å²) in [5.41, 5.74) is 4.33. The first kappa shape index (κ1) is 26.9. The number of carbonyl (C=O) groups excluding carboxylic acids is 1. The molecule has 0 bridgehead atoms. The highest BCUT2D eigenvalue weighted by molar-refractivity contribution is 5.96. The Bertz CT molecular complexity index is 1160. The van der Waals surface area contributed by atoms with Crippen LogP contribution in [0.4, 0.5) is 5.69 Å². The van der Waals surface area contributed by atoms with E-state index in [-0.39, 0.29) is 5.97 Å². The molecular weight excluding hydrogens is 474 g/mol. The van der Waals surface area contributed by atoms with Crippen LogP contribution in [0.5, 0.6) is 5.75 Å². The van der Waals surface area contributed by atoms with Crippen molar-refractivity contribution in [3.63, 3.8) is 0 Å². The van der Waals surface area contributed by atoms with Gasteiger partial charge in [0.1, 0.15) is 12.4 Å². The highest BCUT2D eigenvalue weighted by Crippen LogP contribution is 2.34. The number of hydrogen-bond acceptors (Lipinski definition) is 8. The molecule has 0 saturated carbocycles. The van der Waals surface area contributed by atoms with Crippen LogP contribution in [0.15, 0.2) is 42.5 Å². The molecule has 0 fully saturated rings. The van der Waals surface area contributed by atoms with E-state index in [1.165, 1.54) is 7.11 Å². The summed E-state index contributed by atoms with van der Waals surface area (Å²) in [4.78, 5) is 19.9. The van der Waals surface area contributed by atoms with Gasteiger partial charge in [0, 0.05) is 41.8 Å². The lowest BCUT2D eigenvalue weighted by molar-refractivity contribution is 0.0110. The number of H-pyrrole nitrogens is 1. The number of ether oxygens (including phenoxy) is 5. The average Bonchev–Trinajstić information content (AvgIpc) is 3.33. The van der Waals surface area contributed by atoms with Crippen LogP contribution < -0.4 is 9.64 Å². The van der Waals surface area contributed by atoms with E-state index in [0.29, 0.717) is 51.8 Å². The highest BCUT2D eigenvalue weighted by atomic mass is 16.6. The highest BCUT2D eigenvalue weighted by Gasteiger charge is 2.16. The van der Waals surface area contributed by atoms with Crippen molar-refractivity contribution in [1.29, 1.82) is 0 Å². The quantitative estimate of drug-likeness (QED) is 0.522. The summed E-state index contributed by atoms with van der Waals surface area (Å²) in [6.45, 7) is 6.16. The van der Waals surface area contributed by atoms with Crippen LogP contribution >= 0.6 is 0 Å². The largest absolute Gasteiger partial charge is 0.489 e. The van der Waals surface area contributed by atoms with Crippen molar-refractivity contribution in [2.24, 2.45) is 0 Å². The molecule has 3 aromatic rings. The van der Waals surface area contributed by atoms with Crippen LogP contribution in [0, 0.1) is 0 Å². The van der Waals surface area contributed by atoms with E-state index in [2.05, 4.69) is 53.1 Å². The molecule has 37 heavy (non-hydrogen) atoms. The fraction of sp³-hybridized carbons (Fsp3) is 0.464. The van der Waals surface area contributed by atoms with Gasteiger partial charge in [-0.25, -0.2) is 4.79 Å². The first-order chi connectivity index (χ1) is 18.0. The Hall–Kier alpha value is -3.11. The maximum atomic E-state index is 12.0. The number of benzene rings is 2. The number of methoxy groups -OCH3 is 1. The number of fused-ring (bicyclic) bond motifs is 2. The first-order valence-electron chi connectivity index (χ1n) is 12.7. The average molecular weight is 512 g/mol. The Morgan fingerprint density at radius 3 is 2.41 bits per heavy atom. The maximum Gasteiger partial charge on any atom is 0.337 e. The van der Waals surface area contributed by atoms with E-state index >= 15 is 0 Å². The fourth-order valence-electron chi connectivity index (χ4n) is 4.19. The number of nitrogens with one attached hydrogen (secondary N) is 1. The van der Waals surface area contributed by atoms with Crippen LogP contribution in [-0.4, -0.2) is 103 Å². The van der Waals surface area contributed by atoms with Crippen LogP contribution in [0.2, 0.25) is 0 Å². The van der Waals surface area contributed by atoms with Gasteiger partial charge in [-0.05, 0) is 44.4 Å². The molecule has 0 radical (unpaired) electrons. The third kappa shape index (κ3) is 7.45. The molecule has 0 spiro atoms. The van der Waals surface area contributed by atoms with Crippen molar-refractivity contribution in [2.45, 2.75) is 0 Å². The lowest BCUT2D eigenvalue weighted by Gasteiger charge is -2.28. The Balaban J connectivity index is 1.64. The maximum absolute atomic E-state index is 12.0. The van der Waals surface area contributed by atoms with E-state index in [1.807, 2.05) is 12.1 Å². The summed E-state index contributed by atoms with van der Waals surface area (Å²) in [5.74, 6) is 0.434. The van der Waals surface area contributed by atoms with E-state index in [4.69, 9.17) is 23.7 Å². The summed E-state index contributed by atoms with van der Waals surface area (Å²) in [6.07, 6.45) is 0. The zero-order valence-corrected chi connectivity index (χ0v) is 22.0. The number of likely N-dealkylation sites (N-methyl/N-ethyl adjacent to an activating group) is 1. The number of nitrogens with zero attached hydrogens (tertiary/aromatic N) is 2. The zero-order valence-electron chi connectivity index (χ0n) is 22.0. The van der Waals surface area contributed by atoms with Crippen molar-refractivity contribution in [1.82, 2.24) is 9.88 Å². The van der Waals surface area contributed by atoms with E-state index in [0.717, 1.165) is 53.2 Å². The van der Waals surface area contributed by atoms with Gasteiger partial charge < -0.3 is 38.5 Å². The molecule has 1 N–H and O–H groups in total. The third-order valence-electron chi connectivity index (χ3n) is 6.21. The van der Waals surface area contributed by atoms with Gasteiger partial charge in [0.25, 0.3) is 0 Å². The standard InChI is InChI=1S/C28H37N3O6/c1-30(2)8-9-31-10-11-34-12-13-35-14-15-36-16-17-37-27-20-22(6-7-26(27)31)24-18-21-4-5-23(28(32)33-3)19-25(21)29-24/h4-7,18-20,29H,8-17H2,1-3H3. The molecule has 0 saturated heterocycles. The Morgan fingerprint density at radius 1 is 0.946 bits per heavy atom. The van der Waals surface area contributed by atoms with E-state index < -0.39 is 0 Å². The van der Waals surface area contributed by atoms with Gasteiger partial charge in [-0.3, -0.25) is 0 Å². The number of esters is 1. The topological polar surface area (TPSA) is 85.5 Å². The van der Waals surface area contributed by atoms with E-state index in [1.54, 1.807) is 6.07 Å². The van der Waals surface area contributed by atoms with Crippen LogP contribution in [0.25, 0.3) is 22.2 Å². The van der Waals surface area contributed by atoms with Gasteiger partial charge in [0.15, 0.2) is 0 Å². The second-order valence-corrected chi connectivity index (χ2v) is 9.14. The van der Waals surface area contributed by atoms with Crippen molar-refractivity contribution in [2.75, 3.05) is 92.0 Å². The van der Waals surface area contributed by atoms with Gasteiger partial charge in [0.2, 0.25) is 0 Å². The number of hydrogen-bond donors (Lipinski definition) is 1. The Morgan fingerprint density at radius 2 is 1.68 bits per heavy atom. The zero-order chi connectivity index (χ0) is 26.0. The monoisotopic (exact) mass is 511 g/mol. The van der Waals surface area contributed by atoms with Gasteiger partial charge in [-0.1, -0.05) is 12.1 Å². The van der Waals surface area contributed by atoms with E-state index in [9.17, 15) is 4.79 Å². The minimum absolute atomic E-state index is 0.357. The normalized spacial score (nSPS) is 16.1. The molecule has 4 rings (SSSR count). The molecule has 0 amide bonds. The third-order valence-corrected chi connectivity index (χ3v) is 6.21.